The lowest BCUT2D eigenvalue weighted by Gasteiger charge is -2.25. The fraction of sp³-hybridized carbons (Fsp3) is 0.174. The number of hydrogen-bond acceptors (Lipinski definition) is 6. The number of aromatic nitrogens is 1. The van der Waals surface area contributed by atoms with E-state index in [-0.39, 0.29) is 12.3 Å². The molecule has 0 saturated carbocycles. The highest BCUT2D eigenvalue weighted by atomic mass is 32.1. The second-order valence-corrected chi connectivity index (χ2v) is 7.89. The molecule has 1 heterocycles. The minimum absolute atomic E-state index is 0.135. The van der Waals surface area contributed by atoms with Crippen LogP contribution in [0.2, 0.25) is 0 Å². The zero-order valence-electron chi connectivity index (χ0n) is 16.3. The number of benzene rings is 3. The van der Waals surface area contributed by atoms with Crippen molar-refractivity contribution in [3.63, 3.8) is 0 Å². The van der Waals surface area contributed by atoms with E-state index in [9.17, 15) is 15.2 Å². The Balaban J connectivity index is 1.66. The average Bonchev–Trinajstić information content (AvgIpc) is 3.32. The predicted molar refractivity (Wildman–Crippen MR) is 117 cm³/mol. The molecule has 7 heteroatoms. The minimum Gasteiger partial charge on any atom is -0.489 e. The normalized spacial score (nSPS) is 13.1. The van der Waals surface area contributed by atoms with Crippen LogP contribution in [0.4, 0.5) is 5.69 Å². The van der Waals surface area contributed by atoms with Crippen molar-refractivity contribution in [3.05, 3.63) is 98.5 Å². The lowest BCUT2D eigenvalue weighted by atomic mass is 9.91. The lowest BCUT2D eigenvalue weighted by molar-refractivity contribution is -0.385. The Hall–Kier alpha value is -3.29. The van der Waals surface area contributed by atoms with Gasteiger partial charge in [-0.15, -0.1) is 11.3 Å². The van der Waals surface area contributed by atoms with Crippen LogP contribution in [-0.2, 0) is 12.2 Å². The lowest BCUT2D eigenvalue weighted by Crippen LogP contribution is -2.26. The molecule has 0 radical (unpaired) electrons. The molecule has 4 aromatic rings. The molecule has 0 saturated heterocycles. The van der Waals surface area contributed by atoms with E-state index in [2.05, 4.69) is 4.98 Å². The molecule has 0 aliphatic rings. The number of aliphatic hydroxyl groups is 1. The summed E-state index contributed by atoms with van der Waals surface area (Å²) in [6, 6.07) is 18.5. The number of nitrogens with zero attached hydrogens (tertiary/aromatic N) is 2. The highest BCUT2D eigenvalue weighted by molar-refractivity contribution is 7.09. The van der Waals surface area contributed by atoms with Gasteiger partial charge in [-0.3, -0.25) is 10.1 Å². The van der Waals surface area contributed by atoms with Crippen LogP contribution in [-0.4, -0.2) is 15.0 Å². The Morgan fingerprint density at radius 3 is 2.63 bits per heavy atom. The van der Waals surface area contributed by atoms with Gasteiger partial charge < -0.3 is 9.84 Å². The molecule has 0 aliphatic carbocycles. The molecule has 0 fully saturated rings. The largest absolute Gasteiger partial charge is 0.489 e. The number of rotatable bonds is 7. The third-order valence-corrected chi connectivity index (χ3v) is 6.02. The Bertz CT molecular complexity index is 1190. The summed E-state index contributed by atoms with van der Waals surface area (Å²) in [5, 5.41) is 27.2. The topological polar surface area (TPSA) is 85.5 Å². The summed E-state index contributed by atoms with van der Waals surface area (Å²) >= 11 is 1.31. The van der Waals surface area contributed by atoms with Crippen molar-refractivity contribution in [1.29, 1.82) is 0 Å². The Morgan fingerprint density at radius 1 is 1.13 bits per heavy atom. The summed E-state index contributed by atoms with van der Waals surface area (Å²) < 4.78 is 5.90. The first-order chi connectivity index (χ1) is 14.5. The minimum atomic E-state index is -1.42. The SMILES string of the molecule is CCC(O)(c1cc(OCc2ccc3ccccc3c2)cc([N+](=O)[O-])c1)c1nccs1. The van der Waals surface area contributed by atoms with Crippen LogP contribution in [0, 0.1) is 10.1 Å². The highest BCUT2D eigenvalue weighted by Crippen LogP contribution is 2.38. The third-order valence-electron chi connectivity index (χ3n) is 5.10. The van der Waals surface area contributed by atoms with Gasteiger partial charge in [0.15, 0.2) is 0 Å². The van der Waals surface area contributed by atoms with Gasteiger partial charge in [0.2, 0.25) is 0 Å². The molecule has 1 aromatic heterocycles. The molecule has 3 aromatic carbocycles. The fourth-order valence-electron chi connectivity index (χ4n) is 3.41. The monoisotopic (exact) mass is 420 g/mol. The van der Waals surface area contributed by atoms with Crippen molar-refractivity contribution in [2.45, 2.75) is 25.6 Å². The van der Waals surface area contributed by atoms with Crippen molar-refractivity contribution in [1.82, 2.24) is 4.98 Å². The second kappa shape index (κ2) is 8.22. The molecule has 0 spiro atoms. The average molecular weight is 420 g/mol. The molecular formula is C23H20N2O4S. The van der Waals surface area contributed by atoms with Gasteiger partial charge in [-0.1, -0.05) is 43.3 Å². The first-order valence-corrected chi connectivity index (χ1v) is 10.4. The van der Waals surface area contributed by atoms with Crippen LogP contribution in [0.3, 0.4) is 0 Å². The summed E-state index contributed by atoms with van der Waals surface area (Å²) in [5.74, 6) is 0.329. The summed E-state index contributed by atoms with van der Waals surface area (Å²) in [5.41, 5.74) is -0.208. The molecule has 1 N–H and O–H groups in total. The maximum absolute atomic E-state index is 11.5. The van der Waals surface area contributed by atoms with Gasteiger partial charge >= 0.3 is 0 Å². The molecule has 0 aliphatic heterocycles. The summed E-state index contributed by atoms with van der Waals surface area (Å²) in [6.07, 6.45) is 1.93. The Morgan fingerprint density at radius 2 is 1.93 bits per heavy atom. The maximum atomic E-state index is 11.5. The van der Waals surface area contributed by atoms with Crippen molar-refractivity contribution in [2.24, 2.45) is 0 Å². The Kier molecular flexibility index (Phi) is 5.48. The first kappa shape index (κ1) is 20.0. The number of non-ortho nitro benzene ring substituents is 1. The van der Waals surface area contributed by atoms with Crippen molar-refractivity contribution >= 4 is 27.8 Å². The number of hydrogen-bond donors (Lipinski definition) is 1. The number of fused-ring (bicyclic) bond motifs is 1. The van der Waals surface area contributed by atoms with Crippen molar-refractivity contribution in [3.8, 4) is 5.75 Å². The van der Waals surface area contributed by atoms with Gasteiger partial charge in [-0.25, -0.2) is 4.98 Å². The van der Waals surface area contributed by atoms with Gasteiger partial charge in [-0.05, 0) is 34.9 Å². The van der Waals surface area contributed by atoms with E-state index >= 15 is 0 Å². The molecule has 152 valence electrons. The maximum Gasteiger partial charge on any atom is 0.273 e. The number of thiazole rings is 1. The van der Waals surface area contributed by atoms with E-state index in [0.717, 1.165) is 16.3 Å². The van der Waals surface area contributed by atoms with Crippen LogP contribution < -0.4 is 4.74 Å². The number of nitro groups is 1. The smallest absolute Gasteiger partial charge is 0.273 e. The Labute approximate surface area is 177 Å². The molecule has 0 amide bonds. The van der Waals surface area contributed by atoms with Crippen LogP contribution in [0.5, 0.6) is 5.75 Å². The van der Waals surface area contributed by atoms with Gasteiger partial charge in [-0.2, -0.15) is 0 Å². The number of ether oxygens (including phenoxy) is 1. The fourth-order valence-corrected chi connectivity index (χ4v) is 4.24. The van der Waals surface area contributed by atoms with Gasteiger partial charge in [0.05, 0.1) is 11.0 Å². The molecule has 0 bridgehead atoms. The van der Waals surface area contributed by atoms with E-state index in [1.54, 1.807) is 17.6 Å². The quantitative estimate of drug-likeness (QED) is 0.318. The predicted octanol–water partition coefficient (Wildman–Crippen LogP) is 5.43. The molecule has 1 atom stereocenters. The van der Waals surface area contributed by atoms with E-state index in [4.69, 9.17) is 4.74 Å². The molecule has 4 rings (SSSR count). The van der Waals surface area contributed by atoms with Crippen molar-refractivity contribution in [2.75, 3.05) is 0 Å². The summed E-state index contributed by atoms with van der Waals surface area (Å²) in [4.78, 5) is 15.2. The standard InChI is InChI=1S/C23H20N2O4S/c1-2-23(26,22-24-9-10-30-22)19-12-20(25(27)28)14-21(13-19)29-15-16-7-8-17-5-3-4-6-18(17)11-16/h3-14,26H,2,15H2,1H3. The van der Waals surface area contributed by atoms with Gasteiger partial charge in [0, 0.05) is 23.2 Å². The summed E-state index contributed by atoms with van der Waals surface area (Å²) in [7, 11) is 0. The first-order valence-electron chi connectivity index (χ1n) is 9.52. The zero-order valence-corrected chi connectivity index (χ0v) is 17.1. The van der Waals surface area contributed by atoms with Crippen LogP contribution >= 0.6 is 11.3 Å². The molecule has 6 nitrogen and oxygen atoms in total. The zero-order chi connectivity index (χ0) is 21.1. The van der Waals surface area contributed by atoms with E-state index in [1.807, 2.05) is 49.4 Å². The van der Waals surface area contributed by atoms with E-state index in [0.29, 0.717) is 22.7 Å². The van der Waals surface area contributed by atoms with Crippen LogP contribution in [0.15, 0.2) is 72.2 Å². The molecular weight excluding hydrogens is 400 g/mol. The molecule has 30 heavy (non-hydrogen) atoms. The van der Waals surface area contributed by atoms with Crippen LogP contribution in [0.25, 0.3) is 10.8 Å². The van der Waals surface area contributed by atoms with Crippen molar-refractivity contribution < 1.29 is 14.8 Å². The van der Waals surface area contributed by atoms with Gasteiger partial charge in [0.1, 0.15) is 23.0 Å². The third kappa shape index (κ3) is 3.90. The van der Waals surface area contributed by atoms with Gasteiger partial charge in [0.25, 0.3) is 5.69 Å². The van der Waals surface area contributed by atoms with Crippen LogP contribution in [0.1, 0.15) is 29.5 Å². The summed E-state index contributed by atoms with van der Waals surface area (Å²) in [6.45, 7) is 2.07. The highest BCUT2D eigenvalue weighted by Gasteiger charge is 2.34. The number of nitro benzene ring substituents is 1. The molecule has 1 unspecified atom stereocenters. The van der Waals surface area contributed by atoms with E-state index in [1.165, 1.54) is 23.5 Å². The van der Waals surface area contributed by atoms with E-state index < -0.39 is 10.5 Å². The second-order valence-electron chi connectivity index (χ2n) is 6.99.